The summed E-state index contributed by atoms with van der Waals surface area (Å²) in [4.78, 5) is 13.9. The quantitative estimate of drug-likeness (QED) is 0.226. The minimum absolute atomic E-state index is 0.102. The first-order chi connectivity index (χ1) is 16.5. The maximum absolute atomic E-state index is 12.4. The number of amides is 1. The lowest BCUT2D eigenvalue weighted by molar-refractivity contribution is -0.366. The van der Waals surface area contributed by atoms with E-state index in [0.29, 0.717) is 6.42 Å². The van der Waals surface area contributed by atoms with E-state index < -0.39 is 67.5 Å². The van der Waals surface area contributed by atoms with Crippen LogP contribution in [0.2, 0.25) is 0 Å². The largest absolute Gasteiger partial charge is 0.388 e. The molecule has 2 rings (SSSR count). The van der Waals surface area contributed by atoms with Gasteiger partial charge in [-0.15, -0.1) is 0 Å². The number of aliphatic hydroxyl groups excluding tert-OH is 5. The summed E-state index contributed by atoms with van der Waals surface area (Å²) in [5, 5.41) is 51.6. The molecule has 206 valence electrons. The number of nitrogens with zero attached hydrogens (tertiary/aromatic N) is 1. The zero-order valence-corrected chi connectivity index (χ0v) is 21.5. The molecule has 0 aromatic rings. The molecule has 2 fully saturated rings. The minimum atomic E-state index is -1.60. The highest BCUT2D eigenvalue weighted by Crippen LogP contribution is 2.31. The van der Waals surface area contributed by atoms with Crippen LogP contribution in [0.4, 0.5) is 0 Å². The zero-order chi connectivity index (χ0) is 26.3. The molecule has 11 atom stereocenters. The molecule has 0 spiro atoms. The Morgan fingerprint density at radius 3 is 2.00 bits per heavy atom. The lowest BCUT2D eigenvalue weighted by Crippen LogP contribution is -2.63. The second-order valence-corrected chi connectivity index (χ2v) is 9.93. The Labute approximate surface area is 207 Å². The van der Waals surface area contributed by atoms with E-state index in [1.54, 1.807) is 21.0 Å². The molecule has 1 amide bonds. The number of hydrogen-bond acceptors (Lipinski definition) is 10. The highest BCUT2D eigenvalue weighted by molar-refractivity contribution is 5.76. The first kappa shape index (κ1) is 30.3. The summed E-state index contributed by atoms with van der Waals surface area (Å²) in [5.74, 6) is -0.123. The van der Waals surface area contributed by atoms with Crippen molar-refractivity contribution >= 4 is 5.91 Å². The Balaban J connectivity index is 2.16. The van der Waals surface area contributed by atoms with Crippen molar-refractivity contribution in [2.75, 3.05) is 14.1 Å². The minimum Gasteiger partial charge on any atom is -0.388 e. The molecule has 2 saturated heterocycles. The maximum Gasteiger partial charge on any atom is 0.224 e. The van der Waals surface area contributed by atoms with Gasteiger partial charge in [-0.3, -0.25) is 4.79 Å². The van der Waals surface area contributed by atoms with Crippen LogP contribution in [-0.4, -0.2) is 118 Å². The van der Waals surface area contributed by atoms with Crippen LogP contribution in [0, 0.1) is 0 Å². The van der Waals surface area contributed by atoms with Gasteiger partial charge in [-0.2, -0.15) is 0 Å². The normalized spacial score (nSPS) is 38.8. The summed E-state index contributed by atoms with van der Waals surface area (Å²) in [5.41, 5.74) is 0. The van der Waals surface area contributed by atoms with Gasteiger partial charge in [0.1, 0.15) is 36.6 Å². The fourth-order valence-corrected chi connectivity index (χ4v) is 4.30. The summed E-state index contributed by atoms with van der Waals surface area (Å²) in [6, 6.07) is 0. The molecule has 0 bridgehead atoms. The van der Waals surface area contributed by atoms with Crippen molar-refractivity contribution in [3.05, 3.63) is 0 Å². The van der Waals surface area contributed by atoms with Gasteiger partial charge in [0.05, 0.1) is 24.7 Å². The summed E-state index contributed by atoms with van der Waals surface area (Å²) in [6.45, 7) is 5.23. The number of rotatable bonds is 12. The predicted molar refractivity (Wildman–Crippen MR) is 125 cm³/mol. The first-order valence-corrected chi connectivity index (χ1v) is 12.7. The molecule has 0 radical (unpaired) electrons. The van der Waals surface area contributed by atoms with Gasteiger partial charge in [0.25, 0.3) is 0 Å². The third-order valence-corrected chi connectivity index (χ3v) is 6.74. The molecule has 2 aliphatic heterocycles. The van der Waals surface area contributed by atoms with Gasteiger partial charge in [-0.05, 0) is 20.3 Å². The van der Waals surface area contributed by atoms with Crippen molar-refractivity contribution in [3.8, 4) is 0 Å². The molecule has 0 aliphatic carbocycles. The Hall–Kier alpha value is -0.890. The third-order valence-electron chi connectivity index (χ3n) is 6.74. The van der Waals surface area contributed by atoms with Gasteiger partial charge in [0, 0.05) is 14.1 Å². The number of hydrogen-bond donors (Lipinski definition) is 5. The van der Waals surface area contributed by atoms with Crippen LogP contribution >= 0.6 is 0 Å². The van der Waals surface area contributed by atoms with E-state index in [0.717, 1.165) is 32.1 Å². The molecule has 0 aromatic heterocycles. The van der Waals surface area contributed by atoms with Gasteiger partial charge in [0.2, 0.25) is 5.91 Å². The number of unbranched alkanes of at least 4 members (excludes halogenated alkanes) is 4. The SMILES string of the molecule is CCCCCCCC(CC(=O)N(C)C)O[C@@H]1O[C@@H](C)[C@H](O)[C@@H](O)[C@H]1O[C@H]1O[C@@H](C)[C@@H](O)[C@H](O)[C@@H]1O. The second-order valence-electron chi connectivity index (χ2n) is 9.93. The summed E-state index contributed by atoms with van der Waals surface area (Å²) in [6.07, 6.45) is -7.36. The molecule has 2 aliphatic rings. The number of ether oxygens (including phenoxy) is 4. The highest BCUT2D eigenvalue weighted by atomic mass is 16.8. The molecular weight excluding hydrogens is 462 g/mol. The van der Waals surface area contributed by atoms with Crippen LogP contribution in [0.1, 0.15) is 65.7 Å². The molecule has 11 nitrogen and oxygen atoms in total. The van der Waals surface area contributed by atoms with E-state index in [1.165, 1.54) is 11.8 Å². The molecular formula is C24H45NO10. The van der Waals surface area contributed by atoms with E-state index in [1.807, 2.05) is 0 Å². The van der Waals surface area contributed by atoms with E-state index in [4.69, 9.17) is 18.9 Å². The van der Waals surface area contributed by atoms with Crippen molar-refractivity contribution in [2.45, 2.75) is 133 Å². The van der Waals surface area contributed by atoms with Crippen molar-refractivity contribution in [1.82, 2.24) is 4.90 Å². The maximum atomic E-state index is 12.4. The van der Waals surface area contributed by atoms with Crippen LogP contribution in [-0.2, 0) is 23.7 Å². The zero-order valence-electron chi connectivity index (χ0n) is 21.5. The summed E-state index contributed by atoms with van der Waals surface area (Å²) >= 11 is 0. The first-order valence-electron chi connectivity index (χ1n) is 12.7. The average Bonchev–Trinajstić information content (AvgIpc) is 2.81. The van der Waals surface area contributed by atoms with Gasteiger partial charge < -0.3 is 49.4 Å². The Kier molecular flexibility index (Phi) is 12.3. The van der Waals surface area contributed by atoms with Crippen LogP contribution in [0.5, 0.6) is 0 Å². The fourth-order valence-electron chi connectivity index (χ4n) is 4.30. The molecule has 35 heavy (non-hydrogen) atoms. The highest BCUT2D eigenvalue weighted by Gasteiger charge is 2.50. The molecule has 2 heterocycles. The van der Waals surface area contributed by atoms with E-state index in [2.05, 4.69) is 6.92 Å². The lowest BCUT2D eigenvalue weighted by Gasteiger charge is -2.46. The number of aliphatic hydroxyl groups is 5. The lowest BCUT2D eigenvalue weighted by atomic mass is 9.97. The smallest absolute Gasteiger partial charge is 0.224 e. The number of carbonyl (C=O) groups is 1. The van der Waals surface area contributed by atoms with Crippen molar-refractivity contribution in [1.29, 1.82) is 0 Å². The van der Waals surface area contributed by atoms with Crippen molar-refractivity contribution in [3.63, 3.8) is 0 Å². The van der Waals surface area contributed by atoms with Gasteiger partial charge in [0.15, 0.2) is 12.6 Å². The van der Waals surface area contributed by atoms with Crippen LogP contribution in [0.3, 0.4) is 0 Å². The second kappa shape index (κ2) is 14.2. The molecule has 0 saturated carbocycles. The standard InChI is InChI=1S/C24H45NO10/c1-6-7-8-9-10-11-15(12-16(26)25(4)5)34-24-22(20(30)18(28)14(3)33-24)35-23-21(31)19(29)17(27)13(2)32-23/h13-15,17-24,27-31H,6-12H2,1-5H3/t13-,14-,15?,17+,18-,19-,20+,21-,22+,23+,24-/m0/s1. The third kappa shape index (κ3) is 8.31. The van der Waals surface area contributed by atoms with Crippen LogP contribution in [0.15, 0.2) is 0 Å². The van der Waals surface area contributed by atoms with Crippen molar-refractivity contribution in [2.24, 2.45) is 0 Å². The van der Waals surface area contributed by atoms with Gasteiger partial charge >= 0.3 is 0 Å². The predicted octanol–water partition coefficient (Wildman–Crippen LogP) is -0.110. The summed E-state index contributed by atoms with van der Waals surface area (Å²) in [7, 11) is 3.32. The number of carbonyl (C=O) groups excluding carboxylic acids is 1. The average molecular weight is 508 g/mol. The Bertz CT molecular complexity index is 637. The molecule has 1 unspecified atom stereocenters. The topological polar surface area (TPSA) is 158 Å². The van der Waals surface area contributed by atoms with E-state index >= 15 is 0 Å². The van der Waals surface area contributed by atoms with E-state index in [-0.39, 0.29) is 12.3 Å². The molecule has 11 heteroatoms. The molecule has 0 aromatic carbocycles. The van der Waals surface area contributed by atoms with Crippen LogP contribution < -0.4 is 0 Å². The van der Waals surface area contributed by atoms with Gasteiger partial charge in [-0.1, -0.05) is 39.0 Å². The van der Waals surface area contributed by atoms with Gasteiger partial charge in [-0.25, -0.2) is 0 Å². The fraction of sp³-hybridized carbons (Fsp3) is 0.958. The van der Waals surface area contributed by atoms with Crippen LogP contribution in [0.25, 0.3) is 0 Å². The monoisotopic (exact) mass is 507 g/mol. The Morgan fingerprint density at radius 1 is 0.829 bits per heavy atom. The van der Waals surface area contributed by atoms with E-state index in [9.17, 15) is 30.3 Å². The Morgan fingerprint density at radius 2 is 1.40 bits per heavy atom. The molecule has 5 N–H and O–H groups in total. The van der Waals surface area contributed by atoms with Crippen molar-refractivity contribution < 1.29 is 49.3 Å². The summed E-state index contributed by atoms with van der Waals surface area (Å²) < 4.78 is 23.3.